The van der Waals surface area contributed by atoms with Crippen molar-refractivity contribution < 1.29 is 9.13 Å². The second-order valence-corrected chi connectivity index (χ2v) is 5.39. The van der Waals surface area contributed by atoms with Gasteiger partial charge >= 0.3 is 0 Å². The van der Waals surface area contributed by atoms with Crippen molar-refractivity contribution in [2.24, 2.45) is 5.73 Å². The summed E-state index contributed by atoms with van der Waals surface area (Å²) in [4.78, 5) is 0.261. The van der Waals surface area contributed by atoms with E-state index in [1.54, 1.807) is 18.2 Å². The number of hydrogen-bond acceptors (Lipinski definition) is 2. The molecule has 2 rings (SSSR count). The maximum absolute atomic E-state index is 13.0. The van der Waals surface area contributed by atoms with Gasteiger partial charge in [-0.25, -0.2) is 4.39 Å². The summed E-state index contributed by atoms with van der Waals surface area (Å²) in [5.41, 5.74) is 6.17. The Hall–Kier alpha value is -1.17. The van der Waals surface area contributed by atoms with E-state index in [1.165, 1.54) is 18.2 Å². The summed E-state index contributed by atoms with van der Waals surface area (Å²) < 4.78 is 19.1. The van der Waals surface area contributed by atoms with E-state index in [4.69, 9.17) is 34.3 Å². The highest BCUT2D eigenvalue weighted by Crippen LogP contribution is 2.34. The third-order valence-electron chi connectivity index (χ3n) is 2.33. The minimum Gasteiger partial charge on any atom is -0.455 e. The molecule has 0 fully saturated rings. The van der Waals surface area contributed by atoms with Crippen molar-refractivity contribution in [2.45, 2.75) is 0 Å². The van der Waals surface area contributed by atoms with Gasteiger partial charge in [-0.15, -0.1) is 0 Å². The number of rotatable bonds is 3. The van der Waals surface area contributed by atoms with Crippen molar-refractivity contribution >= 4 is 44.7 Å². The largest absolute Gasteiger partial charge is 0.455 e. The Kier molecular flexibility index (Phi) is 4.39. The van der Waals surface area contributed by atoms with E-state index in [0.29, 0.717) is 26.6 Å². The summed E-state index contributed by atoms with van der Waals surface area (Å²) in [5.74, 6) is 0.550. The molecule has 19 heavy (non-hydrogen) atoms. The monoisotopic (exact) mass is 359 g/mol. The van der Waals surface area contributed by atoms with Crippen LogP contribution in [-0.2, 0) is 0 Å². The van der Waals surface area contributed by atoms with Crippen molar-refractivity contribution in [1.82, 2.24) is 0 Å². The van der Waals surface area contributed by atoms with E-state index in [1.807, 2.05) is 0 Å². The van der Waals surface area contributed by atoms with Crippen LogP contribution in [0.4, 0.5) is 4.39 Å². The van der Waals surface area contributed by atoms with Crippen molar-refractivity contribution in [1.29, 1.82) is 0 Å². The SMILES string of the molecule is NC(=S)c1ccc(Oc2ccc(F)cc2Br)c(Cl)c1. The molecule has 2 N–H and O–H groups in total. The van der Waals surface area contributed by atoms with Crippen LogP contribution in [0.3, 0.4) is 0 Å². The highest BCUT2D eigenvalue weighted by atomic mass is 79.9. The second-order valence-electron chi connectivity index (χ2n) is 3.69. The first-order valence-corrected chi connectivity index (χ1v) is 6.77. The van der Waals surface area contributed by atoms with Gasteiger partial charge in [0.15, 0.2) is 0 Å². The minimum atomic E-state index is -0.353. The summed E-state index contributed by atoms with van der Waals surface area (Å²) in [7, 11) is 0. The van der Waals surface area contributed by atoms with Crippen LogP contribution >= 0.6 is 39.7 Å². The van der Waals surface area contributed by atoms with Crippen LogP contribution in [0.15, 0.2) is 40.9 Å². The Labute approximate surface area is 128 Å². The molecule has 0 radical (unpaired) electrons. The molecule has 98 valence electrons. The lowest BCUT2D eigenvalue weighted by atomic mass is 10.2. The zero-order valence-electron chi connectivity index (χ0n) is 9.49. The van der Waals surface area contributed by atoms with Gasteiger partial charge in [-0.3, -0.25) is 0 Å². The molecular weight excluding hydrogens is 353 g/mol. The molecule has 0 saturated heterocycles. The predicted octanol–water partition coefficient (Wildman–Crippen LogP) is 4.67. The molecule has 0 aliphatic rings. The highest BCUT2D eigenvalue weighted by molar-refractivity contribution is 9.10. The van der Waals surface area contributed by atoms with Gasteiger partial charge in [-0.1, -0.05) is 23.8 Å². The van der Waals surface area contributed by atoms with E-state index in [-0.39, 0.29) is 10.8 Å². The maximum Gasteiger partial charge on any atom is 0.146 e. The average Bonchev–Trinajstić information content (AvgIpc) is 2.34. The third-order valence-corrected chi connectivity index (χ3v) is 3.48. The molecule has 0 atom stereocenters. The van der Waals surface area contributed by atoms with E-state index in [0.717, 1.165) is 0 Å². The van der Waals surface area contributed by atoms with Crippen molar-refractivity contribution in [3.05, 3.63) is 57.3 Å². The van der Waals surface area contributed by atoms with Gasteiger partial charge < -0.3 is 10.5 Å². The van der Waals surface area contributed by atoms with Crippen molar-refractivity contribution in [2.75, 3.05) is 0 Å². The maximum atomic E-state index is 13.0. The molecule has 0 aromatic heterocycles. The third kappa shape index (κ3) is 3.43. The fourth-order valence-electron chi connectivity index (χ4n) is 1.41. The van der Waals surface area contributed by atoms with Crippen LogP contribution in [0.1, 0.15) is 5.56 Å². The predicted molar refractivity (Wildman–Crippen MR) is 81.5 cm³/mol. The molecular formula is C13H8BrClFNOS. The van der Waals surface area contributed by atoms with Crippen LogP contribution in [0.5, 0.6) is 11.5 Å². The van der Waals surface area contributed by atoms with E-state index >= 15 is 0 Å². The molecule has 2 nitrogen and oxygen atoms in total. The molecule has 0 heterocycles. The van der Waals surface area contributed by atoms with Crippen LogP contribution in [0.2, 0.25) is 5.02 Å². The Morgan fingerprint density at radius 3 is 2.47 bits per heavy atom. The fraction of sp³-hybridized carbons (Fsp3) is 0. The standard InChI is InChI=1S/C13H8BrClFNOS/c14-9-6-8(16)2-4-11(9)18-12-3-1-7(13(17)19)5-10(12)15/h1-6H,(H2,17,19). The van der Waals surface area contributed by atoms with E-state index < -0.39 is 0 Å². The van der Waals surface area contributed by atoms with E-state index in [2.05, 4.69) is 15.9 Å². The van der Waals surface area contributed by atoms with Gasteiger partial charge in [0.1, 0.15) is 22.3 Å². The number of halogens is 3. The molecule has 2 aromatic carbocycles. The highest BCUT2D eigenvalue weighted by Gasteiger charge is 2.09. The lowest BCUT2D eigenvalue weighted by molar-refractivity contribution is 0.477. The first-order valence-electron chi connectivity index (χ1n) is 5.19. The van der Waals surface area contributed by atoms with Crippen LogP contribution in [-0.4, -0.2) is 4.99 Å². The Morgan fingerprint density at radius 1 is 1.21 bits per heavy atom. The second kappa shape index (κ2) is 5.86. The molecule has 6 heteroatoms. The van der Waals surface area contributed by atoms with Crippen molar-refractivity contribution in [3.63, 3.8) is 0 Å². The molecule has 0 aliphatic heterocycles. The number of thiocarbonyl (C=S) groups is 1. The number of hydrogen-bond donors (Lipinski definition) is 1. The fourth-order valence-corrected chi connectivity index (χ4v) is 2.19. The smallest absolute Gasteiger partial charge is 0.146 e. The van der Waals surface area contributed by atoms with Crippen LogP contribution < -0.4 is 10.5 Å². The summed E-state index contributed by atoms with van der Waals surface area (Å²) in [6.07, 6.45) is 0. The molecule has 0 amide bonds. The lowest BCUT2D eigenvalue weighted by Crippen LogP contribution is -2.08. The first kappa shape index (κ1) is 14.2. The molecule has 0 unspecified atom stereocenters. The minimum absolute atomic E-state index is 0.261. The van der Waals surface area contributed by atoms with Gasteiger partial charge in [0, 0.05) is 5.56 Å². The van der Waals surface area contributed by atoms with Gasteiger partial charge in [-0.05, 0) is 52.3 Å². The quantitative estimate of drug-likeness (QED) is 0.808. The van der Waals surface area contributed by atoms with Crippen LogP contribution in [0, 0.1) is 5.82 Å². The van der Waals surface area contributed by atoms with Crippen LogP contribution in [0.25, 0.3) is 0 Å². The summed E-state index contributed by atoms with van der Waals surface area (Å²) in [5, 5.41) is 0.376. The zero-order chi connectivity index (χ0) is 14.0. The van der Waals surface area contributed by atoms with E-state index in [9.17, 15) is 4.39 Å². The van der Waals surface area contributed by atoms with Gasteiger partial charge in [-0.2, -0.15) is 0 Å². The Bertz CT molecular complexity index is 651. The van der Waals surface area contributed by atoms with Gasteiger partial charge in [0.25, 0.3) is 0 Å². The molecule has 0 spiro atoms. The number of nitrogens with two attached hydrogens (primary N) is 1. The van der Waals surface area contributed by atoms with Crippen molar-refractivity contribution in [3.8, 4) is 11.5 Å². The average molecular weight is 361 g/mol. The normalized spacial score (nSPS) is 10.3. The Balaban J connectivity index is 2.31. The molecule has 0 aliphatic carbocycles. The topological polar surface area (TPSA) is 35.2 Å². The molecule has 0 saturated carbocycles. The lowest BCUT2D eigenvalue weighted by Gasteiger charge is -2.10. The first-order chi connectivity index (χ1) is 8.97. The molecule has 0 bridgehead atoms. The summed E-state index contributed by atoms with van der Waals surface area (Å²) in [6.45, 7) is 0. The zero-order valence-corrected chi connectivity index (χ0v) is 12.7. The van der Waals surface area contributed by atoms with Gasteiger partial charge in [0.2, 0.25) is 0 Å². The number of ether oxygens (including phenoxy) is 1. The van der Waals surface area contributed by atoms with Gasteiger partial charge in [0.05, 0.1) is 9.50 Å². The molecule has 2 aromatic rings. The summed E-state index contributed by atoms with van der Waals surface area (Å²) in [6, 6.07) is 9.12. The number of benzene rings is 2. The Morgan fingerprint density at radius 2 is 1.89 bits per heavy atom. The summed E-state index contributed by atoms with van der Waals surface area (Å²) >= 11 is 14.2.